The van der Waals surface area contributed by atoms with E-state index in [0.29, 0.717) is 12.4 Å². The Balaban J connectivity index is 1.65. The lowest BCUT2D eigenvalue weighted by Gasteiger charge is -2.08. The molecule has 2 heterocycles. The van der Waals surface area contributed by atoms with Crippen molar-refractivity contribution in [3.05, 3.63) is 35.7 Å². The number of carbonyl (C=O) groups excluding carboxylic acids is 1. The first-order chi connectivity index (χ1) is 10.2. The summed E-state index contributed by atoms with van der Waals surface area (Å²) >= 11 is 0. The van der Waals surface area contributed by atoms with E-state index < -0.39 is 0 Å². The number of rotatable bonds is 4. The van der Waals surface area contributed by atoms with Gasteiger partial charge in [-0.15, -0.1) is 0 Å². The van der Waals surface area contributed by atoms with Gasteiger partial charge in [-0.2, -0.15) is 4.98 Å². The molecule has 3 rings (SSSR count). The summed E-state index contributed by atoms with van der Waals surface area (Å²) in [6.07, 6.45) is 2.10. The number of ether oxygens (including phenoxy) is 1. The third kappa shape index (κ3) is 3.28. The molecule has 0 spiro atoms. The lowest BCUT2D eigenvalue weighted by Crippen LogP contribution is -2.31. The van der Waals surface area contributed by atoms with Crippen molar-refractivity contribution in [2.45, 2.75) is 25.9 Å². The van der Waals surface area contributed by atoms with Crippen LogP contribution in [0.4, 0.5) is 0 Å². The van der Waals surface area contributed by atoms with Crippen LogP contribution in [0, 0.1) is 6.92 Å². The summed E-state index contributed by atoms with van der Waals surface area (Å²) < 4.78 is 10.5. The molecule has 110 valence electrons. The highest BCUT2D eigenvalue weighted by Gasteiger charge is 2.20. The van der Waals surface area contributed by atoms with Crippen LogP contribution in [0.1, 0.15) is 29.1 Å². The van der Waals surface area contributed by atoms with Crippen molar-refractivity contribution in [2.75, 3.05) is 13.2 Å². The number of carbonyl (C=O) groups is 1. The van der Waals surface area contributed by atoms with Crippen LogP contribution >= 0.6 is 0 Å². The van der Waals surface area contributed by atoms with Crippen LogP contribution in [0.3, 0.4) is 0 Å². The van der Waals surface area contributed by atoms with Crippen molar-refractivity contribution < 1.29 is 14.1 Å². The predicted octanol–water partition coefficient (Wildman–Crippen LogP) is 1.95. The van der Waals surface area contributed by atoms with Gasteiger partial charge in [0.15, 0.2) is 0 Å². The average molecular weight is 287 g/mol. The molecule has 1 aliphatic heterocycles. The molecule has 6 heteroatoms. The van der Waals surface area contributed by atoms with E-state index in [1.54, 1.807) is 0 Å². The second-order valence-electron chi connectivity index (χ2n) is 5.14. The summed E-state index contributed by atoms with van der Waals surface area (Å²) in [4.78, 5) is 16.1. The van der Waals surface area contributed by atoms with E-state index in [0.717, 1.165) is 30.6 Å². The minimum absolute atomic E-state index is 0.0236. The van der Waals surface area contributed by atoms with E-state index >= 15 is 0 Å². The van der Waals surface area contributed by atoms with E-state index in [2.05, 4.69) is 15.5 Å². The van der Waals surface area contributed by atoms with Gasteiger partial charge in [-0.25, -0.2) is 0 Å². The predicted molar refractivity (Wildman–Crippen MR) is 75.8 cm³/mol. The largest absolute Gasteiger partial charge is 0.376 e. The summed E-state index contributed by atoms with van der Waals surface area (Å²) in [5, 5.41) is 6.61. The summed E-state index contributed by atoms with van der Waals surface area (Å²) in [6.45, 7) is 3.22. The highest BCUT2D eigenvalue weighted by molar-refractivity contribution is 5.89. The van der Waals surface area contributed by atoms with Gasteiger partial charge in [-0.3, -0.25) is 4.79 Å². The van der Waals surface area contributed by atoms with E-state index in [4.69, 9.17) is 9.26 Å². The molecule has 6 nitrogen and oxygen atoms in total. The Morgan fingerprint density at radius 3 is 3.14 bits per heavy atom. The van der Waals surface area contributed by atoms with E-state index in [1.165, 1.54) is 0 Å². The number of aromatic nitrogens is 2. The number of hydrogen-bond donors (Lipinski definition) is 1. The number of nitrogens with one attached hydrogen (secondary N) is 1. The zero-order valence-corrected chi connectivity index (χ0v) is 11.8. The first kappa shape index (κ1) is 13.8. The lowest BCUT2D eigenvalue weighted by molar-refractivity contribution is 0.0822. The van der Waals surface area contributed by atoms with Crippen LogP contribution in [0.5, 0.6) is 0 Å². The first-order valence-electron chi connectivity index (χ1n) is 7.03. The number of benzene rings is 1. The molecule has 0 radical (unpaired) electrons. The first-order valence-corrected chi connectivity index (χ1v) is 7.03. The Bertz CT molecular complexity index is 633. The van der Waals surface area contributed by atoms with E-state index in [9.17, 15) is 4.79 Å². The van der Waals surface area contributed by atoms with Crippen LogP contribution < -0.4 is 5.32 Å². The summed E-state index contributed by atoms with van der Waals surface area (Å²) in [7, 11) is 0. The molecule has 21 heavy (non-hydrogen) atoms. The highest BCUT2D eigenvalue weighted by Crippen LogP contribution is 2.17. The molecule has 0 aliphatic carbocycles. The van der Waals surface area contributed by atoms with Gasteiger partial charge in [-0.05, 0) is 25.8 Å². The fourth-order valence-corrected chi connectivity index (χ4v) is 2.30. The molecule has 1 aliphatic rings. The van der Waals surface area contributed by atoms with Crippen molar-refractivity contribution in [3.63, 3.8) is 0 Å². The van der Waals surface area contributed by atoms with E-state index in [1.807, 2.05) is 31.2 Å². The Hall–Kier alpha value is -2.21. The van der Waals surface area contributed by atoms with E-state index in [-0.39, 0.29) is 17.9 Å². The van der Waals surface area contributed by atoms with Crippen molar-refractivity contribution in [1.29, 1.82) is 0 Å². The maximum atomic E-state index is 12.0. The molecule has 2 aromatic rings. The van der Waals surface area contributed by atoms with Crippen molar-refractivity contribution in [1.82, 2.24) is 15.5 Å². The molecule has 0 saturated carbocycles. The number of aryl methyl sites for hydroxylation is 1. The number of nitrogens with zero attached hydrogens (tertiary/aromatic N) is 2. The average Bonchev–Trinajstić information content (AvgIpc) is 3.16. The second kappa shape index (κ2) is 6.05. The van der Waals surface area contributed by atoms with Gasteiger partial charge >= 0.3 is 11.8 Å². The standard InChI is InChI=1S/C15H17N3O3/c1-10-4-2-5-11(8-10)13-17-15(21-18-13)14(19)16-9-12-6-3-7-20-12/h2,4-5,8,12H,3,6-7,9H2,1H3,(H,16,19). The van der Waals surface area contributed by atoms with Crippen LogP contribution in [0.2, 0.25) is 0 Å². The molecule has 1 aromatic carbocycles. The number of amides is 1. The van der Waals surface area contributed by atoms with Crippen molar-refractivity contribution >= 4 is 5.91 Å². The van der Waals surface area contributed by atoms with Crippen molar-refractivity contribution in [3.8, 4) is 11.4 Å². The van der Waals surface area contributed by atoms with Gasteiger partial charge < -0.3 is 14.6 Å². The fourth-order valence-electron chi connectivity index (χ4n) is 2.30. The summed E-state index contributed by atoms with van der Waals surface area (Å²) in [6, 6.07) is 7.72. The lowest BCUT2D eigenvalue weighted by atomic mass is 10.1. The van der Waals surface area contributed by atoms with Crippen molar-refractivity contribution in [2.24, 2.45) is 0 Å². The zero-order valence-electron chi connectivity index (χ0n) is 11.8. The molecular weight excluding hydrogens is 270 g/mol. The normalized spacial score (nSPS) is 17.9. The van der Waals surface area contributed by atoms with Gasteiger partial charge in [0, 0.05) is 18.7 Å². The topological polar surface area (TPSA) is 77.2 Å². The molecule has 1 aromatic heterocycles. The minimum Gasteiger partial charge on any atom is -0.376 e. The molecular formula is C15H17N3O3. The van der Waals surface area contributed by atoms with Gasteiger partial charge in [0.2, 0.25) is 5.82 Å². The zero-order chi connectivity index (χ0) is 14.7. The molecule has 1 amide bonds. The summed E-state index contributed by atoms with van der Waals surface area (Å²) in [5.74, 6) is 0.0300. The quantitative estimate of drug-likeness (QED) is 0.930. The monoisotopic (exact) mass is 287 g/mol. The Kier molecular flexibility index (Phi) is 3.96. The number of hydrogen-bond acceptors (Lipinski definition) is 5. The van der Waals surface area contributed by atoms with Gasteiger partial charge in [-0.1, -0.05) is 28.9 Å². The minimum atomic E-state index is -0.364. The Morgan fingerprint density at radius 1 is 1.48 bits per heavy atom. The van der Waals surface area contributed by atoms with Gasteiger partial charge in [0.05, 0.1) is 6.10 Å². The molecule has 1 fully saturated rings. The fraction of sp³-hybridized carbons (Fsp3) is 0.400. The SMILES string of the molecule is Cc1cccc(-c2noc(C(=O)NCC3CCCO3)n2)c1. The maximum absolute atomic E-state index is 12.0. The smallest absolute Gasteiger partial charge is 0.316 e. The van der Waals surface area contributed by atoms with Crippen LogP contribution in [0.25, 0.3) is 11.4 Å². The Labute approximate surface area is 122 Å². The third-order valence-electron chi connectivity index (χ3n) is 3.41. The van der Waals surface area contributed by atoms with Gasteiger partial charge in [0.25, 0.3) is 0 Å². The van der Waals surface area contributed by atoms with Crippen LogP contribution in [0.15, 0.2) is 28.8 Å². The van der Waals surface area contributed by atoms with Crippen LogP contribution in [-0.4, -0.2) is 35.3 Å². The molecule has 1 unspecified atom stereocenters. The van der Waals surface area contributed by atoms with Gasteiger partial charge in [0.1, 0.15) is 0 Å². The Morgan fingerprint density at radius 2 is 2.38 bits per heavy atom. The molecule has 0 bridgehead atoms. The van der Waals surface area contributed by atoms with Crippen LogP contribution in [-0.2, 0) is 4.74 Å². The summed E-state index contributed by atoms with van der Waals surface area (Å²) in [5.41, 5.74) is 1.93. The highest BCUT2D eigenvalue weighted by atomic mass is 16.5. The second-order valence-corrected chi connectivity index (χ2v) is 5.14. The third-order valence-corrected chi connectivity index (χ3v) is 3.41. The maximum Gasteiger partial charge on any atom is 0.316 e. The molecule has 1 atom stereocenters. The molecule has 1 saturated heterocycles. The molecule has 1 N–H and O–H groups in total.